The molecule has 3 atom stereocenters. The van der Waals surface area contributed by atoms with E-state index < -0.39 is 18.4 Å². The summed E-state index contributed by atoms with van der Waals surface area (Å²) in [6, 6.07) is 3.44. The van der Waals surface area contributed by atoms with Crippen LogP contribution in [0.4, 0.5) is 5.95 Å². The average molecular weight is 414 g/mol. The fraction of sp³-hybridized carbons (Fsp3) is 0.421. The highest BCUT2D eigenvalue weighted by Gasteiger charge is 2.35. The van der Waals surface area contributed by atoms with E-state index in [1.54, 1.807) is 22.9 Å². The molecule has 1 aliphatic heterocycles. The van der Waals surface area contributed by atoms with Crippen LogP contribution in [0.25, 0.3) is 11.2 Å². The Morgan fingerprint density at radius 1 is 1.40 bits per heavy atom. The van der Waals surface area contributed by atoms with E-state index in [2.05, 4.69) is 19.9 Å². The lowest BCUT2D eigenvalue weighted by atomic mass is 10.1. The largest absolute Gasteiger partial charge is 0.476 e. The van der Waals surface area contributed by atoms with Crippen molar-refractivity contribution in [3.05, 3.63) is 36.4 Å². The number of pyridine rings is 1. The minimum atomic E-state index is -0.787. The molecule has 4 rings (SSSR count). The summed E-state index contributed by atoms with van der Waals surface area (Å²) in [5.41, 5.74) is 7.19. The van der Waals surface area contributed by atoms with Crippen LogP contribution in [0, 0.1) is 0 Å². The maximum absolute atomic E-state index is 12.1. The van der Waals surface area contributed by atoms with Crippen molar-refractivity contribution in [2.45, 2.75) is 37.7 Å². The summed E-state index contributed by atoms with van der Waals surface area (Å²) in [6.45, 7) is -0.0385. The highest BCUT2D eigenvalue weighted by molar-refractivity contribution is 5.95. The minimum absolute atomic E-state index is 0.00272. The summed E-state index contributed by atoms with van der Waals surface area (Å²) < 4.78 is 13.0. The van der Waals surface area contributed by atoms with E-state index in [1.807, 2.05) is 0 Å². The highest BCUT2D eigenvalue weighted by Crippen LogP contribution is 2.32. The molecule has 4 N–H and O–H groups in total. The van der Waals surface area contributed by atoms with Gasteiger partial charge in [0.1, 0.15) is 12.3 Å². The lowest BCUT2D eigenvalue weighted by Gasteiger charge is -2.14. The second-order valence-electron chi connectivity index (χ2n) is 6.94. The van der Waals surface area contributed by atoms with Gasteiger partial charge in [-0.25, -0.2) is 4.98 Å². The summed E-state index contributed by atoms with van der Waals surface area (Å²) in [7, 11) is 0. The number of nitrogens with zero attached hydrogens (tertiary/aromatic N) is 5. The third-order valence-electron chi connectivity index (χ3n) is 4.87. The Morgan fingerprint density at radius 2 is 2.27 bits per heavy atom. The molecule has 0 radical (unpaired) electrons. The Bertz CT molecular complexity index is 1030. The number of aliphatic hydroxyl groups excluding tert-OH is 2. The van der Waals surface area contributed by atoms with Gasteiger partial charge in [0.05, 0.1) is 25.6 Å². The SMILES string of the molecule is Nc1nc(OCCCC(=O)c2cccnc2)c2ncn(C3CC(O)C(CO)O3)c2n1. The first-order chi connectivity index (χ1) is 14.6. The number of nitrogen functional groups attached to an aromatic ring is 1. The number of aliphatic hydroxyl groups is 2. The molecule has 1 aliphatic rings. The topological polar surface area (TPSA) is 158 Å². The number of rotatable bonds is 8. The number of fused-ring (bicyclic) bond motifs is 1. The van der Waals surface area contributed by atoms with E-state index in [0.29, 0.717) is 29.6 Å². The number of carbonyl (C=O) groups excluding carboxylic acids is 1. The quantitative estimate of drug-likeness (QED) is 0.350. The summed E-state index contributed by atoms with van der Waals surface area (Å²) in [6.07, 6.45) is 3.74. The molecule has 158 valence electrons. The molecule has 11 heteroatoms. The van der Waals surface area contributed by atoms with Gasteiger partial charge in [0.25, 0.3) is 0 Å². The molecule has 3 unspecified atom stereocenters. The van der Waals surface area contributed by atoms with E-state index in [9.17, 15) is 15.0 Å². The van der Waals surface area contributed by atoms with Gasteiger partial charge in [0, 0.05) is 30.8 Å². The third kappa shape index (κ3) is 4.08. The van der Waals surface area contributed by atoms with Crippen LogP contribution >= 0.6 is 0 Å². The van der Waals surface area contributed by atoms with Crippen molar-refractivity contribution in [2.24, 2.45) is 0 Å². The zero-order valence-electron chi connectivity index (χ0n) is 16.1. The highest BCUT2D eigenvalue weighted by atomic mass is 16.5. The predicted molar refractivity (Wildman–Crippen MR) is 105 cm³/mol. The van der Waals surface area contributed by atoms with Crippen molar-refractivity contribution >= 4 is 22.9 Å². The van der Waals surface area contributed by atoms with Crippen molar-refractivity contribution in [1.82, 2.24) is 24.5 Å². The first-order valence-electron chi connectivity index (χ1n) is 9.57. The fourth-order valence-electron chi connectivity index (χ4n) is 3.34. The summed E-state index contributed by atoms with van der Waals surface area (Å²) in [4.78, 5) is 28.7. The second kappa shape index (κ2) is 8.69. The molecule has 0 bridgehead atoms. The zero-order valence-corrected chi connectivity index (χ0v) is 16.1. The Hall–Kier alpha value is -3.15. The smallest absolute Gasteiger partial charge is 0.247 e. The first kappa shape index (κ1) is 20.1. The third-order valence-corrected chi connectivity index (χ3v) is 4.87. The predicted octanol–water partition coefficient (Wildman–Crippen LogP) is 0.486. The Morgan fingerprint density at radius 3 is 3.00 bits per heavy atom. The van der Waals surface area contributed by atoms with Gasteiger partial charge < -0.3 is 25.4 Å². The van der Waals surface area contributed by atoms with Crippen LogP contribution in [-0.2, 0) is 4.74 Å². The van der Waals surface area contributed by atoms with Gasteiger partial charge in [0.2, 0.25) is 11.8 Å². The molecule has 3 aromatic rings. The van der Waals surface area contributed by atoms with Gasteiger partial charge in [-0.15, -0.1) is 0 Å². The lowest BCUT2D eigenvalue weighted by molar-refractivity contribution is -0.0432. The molecule has 1 fully saturated rings. The number of anilines is 1. The number of imidazole rings is 1. The maximum atomic E-state index is 12.1. The van der Waals surface area contributed by atoms with Crippen molar-refractivity contribution in [2.75, 3.05) is 18.9 Å². The van der Waals surface area contributed by atoms with E-state index in [-0.39, 0.29) is 37.2 Å². The number of nitrogens with two attached hydrogens (primary N) is 1. The fourth-order valence-corrected chi connectivity index (χ4v) is 3.34. The molecule has 4 heterocycles. The normalized spacial score (nSPS) is 21.2. The second-order valence-corrected chi connectivity index (χ2v) is 6.94. The van der Waals surface area contributed by atoms with E-state index in [0.717, 1.165) is 0 Å². The van der Waals surface area contributed by atoms with Crippen molar-refractivity contribution in [3.63, 3.8) is 0 Å². The number of ketones is 1. The Labute approximate surface area is 171 Å². The molecule has 0 saturated carbocycles. The molecule has 11 nitrogen and oxygen atoms in total. The lowest BCUT2D eigenvalue weighted by Crippen LogP contribution is -2.24. The van der Waals surface area contributed by atoms with Crippen LogP contribution in [0.5, 0.6) is 5.88 Å². The number of hydrogen-bond acceptors (Lipinski definition) is 10. The molecule has 0 aliphatic carbocycles. The van der Waals surface area contributed by atoms with Gasteiger partial charge in [-0.05, 0) is 18.6 Å². The Balaban J connectivity index is 1.43. The molecule has 30 heavy (non-hydrogen) atoms. The molecule has 0 spiro atoms. The molecule has 3 aromatic heterocycles. The molecule has 0 amide bonds. The van der Waals surface area contributed by atoms with Gasteiger partial charge in [-0.1, -0.05) is 0 Å². The molecular formula is C19H22N6O5. The summed E-state index contributed by atoms with van der Waals surface area (Å²) >= 11 is 0. The van der Waals surface area contributed by atoms with Gasteiger partial charge in [0.15, 0.2) is 16.9 Å². The Kier molecular flexibility index (Phi) is 5.84. The maximum Gasteiger partial charge on any atom is 0.247 e. The van der Waals surface area contributed by atoms with E-state index >= 15 is 0 Å². The van der Waals surface area contributed by atoms with Crippen molar-refractivity contribution in [3.8, 4) is 5.88 Å². The zero-order chi connectivity index (χ0) is 21.1. The van der Waals surface area contributed by atoms with Crippen LogP contribution < -0.4 is 10.5 Å². The van der Waals surface area contributed by atoms with Crippen molar-refractivity contribution in [1.29, 1.82) is 0 Å². The van der Waals surface area contributed by atoms with Gasteiger partial charge in [-0.2, -0.15) is 9.97 Å². The summed E-state index contributed by atoms with van der Waals surface area (Å²) in [5, 5.41) is 19.3. The standard InChI is InChI=1S/C19H22N6O5/c20-19-23-17-16(22-10-25(17)15-7-13(28)14(9-26)30-15)18(24-19)29-6-2-4-12(27)11-3-1-5-21-8-11/h1,3,5,8,10,13-15,26,28H,2,4,6-7,9H2,(H2,20,23,24). The average Bonchev–Trinajstić information content (AvgIpc) is 3.34. The van der Waals surface area contributed by atoms with E-state index in [1.165, 1.54) is 12.5 Å². The number of carbonyl (C=O) groups is 1. The minimum Gasteiger partial charge on any atom is -0.476 e. The number of aromatic nitrogens is 5. The van der Waals surface area contributed by atoms with Crippen LogP contribution in [0.3, 0.4) is 0 Å². The number of hydrogen-bond donors (Lipinski definition) is 3. The number of Topliss-reactive ketones (excluding diaryl/α,β-unsaturated/α-hetero) is 1. The molecular weight excluding hydrogens is 392 g/mol. The van der Waals surface area contributed by atoms with Crippen LogP contribution in [0.1, 0.15) is 35.8 Å². The van der Waals surface area contributed by atoms with Crippen LogP contribution in [-0.4, -0.2) is 65.9 Å². The molecule has 1 saturated heterocycles. The van der Waals surface area contributed by atoms with Gasteiger partial charge in [-0.3, -0.25) is 14.3 Å². The van der Waals surface area contributed by atoms with Crippen LogP contribution in [0.15, 0.2) is 30.9 Å². The first-order valence-corrected chi connectivity index (χ1v) is 9.57. The van der Waals surface area contributed by atoms with Crippen LogP contribution in [0.2, 0.25) is 0 Å². The number of ether oxygens (including phenoxy) is 2. The van der Waals surface area contributed by atoms with E-state index in [4.69, 9.17) is 15.2 Å². The summed E-state index contributed by atoms with van der Waals surface area (Å²) in [5.74, 6) is 0.198. The molecule has 0 aromatic carbocycles. The van der Waals surface area contributed by atoms with Gasteiger partial charge >= 0.3 is 0 Å². The monoisotopic (exact) mass is 414 g/mol. The van der Waals surface area contributed by atoms with Crippen molar-refractivity contribution < 1.29 is 24.5 Å².